The second kappa shape index (κ2) is 7.81. The fourth-order valence-electron chi connectivity index (χ4n) is 2.14. The minimum Gasteiger partial charge on any atom is -0.324 e. The zero-order valence-electron chi connectivity index (χ0n) is 14.0. The summed E-state index contributed by atoms with van der Waals surface area (Å²) in [4.78, 5) is 22.0. The molecule has 1 N–H and O–H groups in total. The molecule has 2 aromatic carbocycles. The van der Waals surface area contributed by atoms with Crippen LogP contribution in [-0.4, -0.2) is 37.1 Å². The Hall–Kier alpha value is -2.49. The maximum absolute atomic E-state index is 12.5. The van der Waals surface area contributed by atoms with E-state index in [9.17, 15) is 23.3 Å². The van der Waals surface area contributed by atoms with Gasteiger partial charge in [-0.2, -0.15) is 4.31 Å². The molecular formula is C16H16ClN3O5S. The van der Waals surface area contributed by atoms with Gasteiger partial charge >= 0.3 is 0 Å². The summed E-state index contributed by atoms with van der Waals surface area (Å²) in [5, 5.41) is 13.7. The highest BCUT2D eigenvalue weighted by atomic mass is 35.5. The fraction of sp³-hybridized carbons (Fsp3) is 0.188. The molecule has 0 saturated heterocycles. The molecule has 0 spiro atoms. The first-order valence-electron chi connectivity index (χ1n) is 7.38. The summed E-state index contributed by atoms with van der Waals surface area (Å²) in [6.45, 7) is 1.37. The van der Waals surface area contributed by atoms with Gasteiger partial charge in [-0.15, -0.1) is 0 Å². The van der Waals surface area contributed by atoms with Crippen LogP contribution in [0.15, 0.2) is 47.4 Å². The molecule has 0 aliphatic heterocycles. The molecular weight excluding hydrogens is 382 g/mol. The first-order chi connectivity index (χ1) is 12.1. The molecule has 0 heterocycles. The number of anilines is 1. The van der Waals surface area contributed by atoms with Crippen LogP contribution in [0, 0.1) is 17.0 Å². The summed E-state index contributed by atoms with van der Waals surface area (Å²) in [7, 11) is -2.85. The average molecular weight is 398 g/mol. The number of benzene rings is 2. The lowest BCUT2D eigenvalue weighted by Crippen LogP contribution is -2.35. The third kappa shape index (κ3) is 4.57. The van der Waals surface area contributed by atoms with E-state index in [-0.39, 0.29) is 10.6 Å². The topological polar surface area (TPSA) is 110 Å². The van der Waals surface area contributed by atoms with Gasteiger partial charge in [0.15, 0.2) is 0 Å². The largest absolute Gasteiger partial charge is 0.324 e. The Bertz CT molecular complexity index is 962. The predicted molar refractivity (Wildman–Crippen MR) is 97.7 cm³/mol. The lowest BCUT2D eigenvalue weighted by molar-refractivity contribution is -0.385. The molecule has 8 nitrogen and oxygen atoms in total. The minimum atomic E-state index is -4.06. The van der Waals surface area contributed by atoms with Crippen LogP contribution in [-0.2, 0) is 14.8 Å². The molecule has 0 aliphatic rings. The van der Waals surface area contributed by atoms with Gasteiger partial charge in [0.2, 0.25) is 15.9 Å². The van der Waals surface area contributed by atoms with Crippen LogP contribution < -0.4 is 5.32 Å². The first kappa shape index (κ1) is 19.8. The zero-order chi connectivity index (χ0) is 19.5. The zero-order valence-corrected chi connectivity index (χ0v) is 15.5. The van der Waals surface area contributed by atoms with Crippen molar-refractivity contribution >= 4 is 38.9 Å². The summed E-state index contributed by atoms with van der Waals surface area (Å²) in [6, 6.07) is 9.67. The van der Waals surface area contributed by atoms with Crippen LogP contribution in [0.5, 0.6) is 0 Å². The van der Waals surface area contributed by atoms with Gasteiger partial charge < -0.3 is 5.32 Å². The Balaban J connectivity index is 2.14. The Morgan fingerprint density at radius 1 is 1.27 bits per heavy atom. The van der Waals surface area contributed by atoms with Crippen molar-refractivity contribution in [2.75, 3.05) is 18.9 Å². The van der Waals surface area contributed by atoms with Crippen molar-refractivity contribution < 1.29 is 18.1 Å². The number of nitrogens with zero attached hydrogens (tertiary/aromatic N) is 2. The number of amides is 1. The van der Waals surface area contributed by atoms with Gasteiger partial charge in [0.25, 0.3) is 5.69 Å². The molecule has 0 aliphatic carbocycles. The van der Waals surface area contributed by atoms with Gasteiger partial charge in [-0.25, -0.2) is 8.42 Å². The number of nitro groups is 1. The second-order valence-electron chi connectivity index (χ2n) is 5.55. The van der Waals surface area contributed by atoms with Crippen LogP contribution in [0.3, 0.4) is 0 Å². The molecule has 26 heavy (non-hydrogen) atoms. The highest BCUT2D eigenvalue weighted by Gasteiger charge is 2.25. The average Bonchev–Trinajstić information content (AvgIpc) is 2.57. The maximum atomic E-state index is 12.5. The molecule has 0 aromatic heterocycles. The second-order valence-corrected chi connectivity index (χ2v) is 8.00. The Morgan fingerprint density at radius 3 is 2.58 bits per heavy atom. The van der Waals surface area contributed by atoms with Gasteiger partial charge in [-0.05, 0) is 30.7 Å². The molecule has 10 heteroatoms. The highest BCUT2D eigenvalue weighted by molar-refractivity contribution is 7.89. The fourth-order valence-corrected chi connectivity index (χ4v) is 3.59. The van der Waals surface area contributed by atoms with Crippen LogP contribution >= 0.6 is 11.6 Å². The normalized spacial score (nSPS) is 11.4. The smallest absolute Gasteiger partial charge is 0.270 e. The maximum Gasteiger partial charge on any atom is 0.270 e. The molecule has 0 fully saturated rings. The number of hydrogen-bond donors (Lipinski definition) is 1. The van der Waals surface area contributed by atoms with Gasteiger partial charge in [-0.1, -0.05) is 23.7 Å². The van der Waals surface area contributed by atoms with Crippen molar-refractivity contribution in [2.45, 2.75) is 11.8 Å². The van der Waals surface area contributed by atoms with Crippen molar-refractivity contribution in [2.24, 2.45) is 0 Å². The highest BCUT2D eigenvalue weighted by Crippen LogP contribution is 2.23. The number of carbonyl (C=O) groups excluding carboxylic acids is 1. The number of carbonyl (C=O) groups is 1. The molecule has 0 bridgehead atoms. The summed E-state index contributed by atoms with van der Waals surface area (Å²) < 4.78 is 25.8. The lowest BCUT2D eigenvalue weighted by Gasteiger charge is -2.17. The third-order valence-electron chi connectivity index (χ3n) is 3.50. The van der Waals surface area contributed by atoms with Crippen molar-refractivity contribution in [3.05, 3.63) is 63.2 Å². The van der Waals surface area contributed by atoms with E-state index < -0.39 is 27.4 Å². The summed E-state index contributed by atoms with van der Waals surface area (Å²) >= 11 is 6.03. The SMILES string of the molecule is Cc1ccc(NC(=O)CN(C)S(=O)(=O)c2cccc([N+](=O)[O-])c2)c(Cl)c1. The van der Waals surface area contributed by atoms with E-state index in [4.69, 9.17) is 11.6 Å². The summed E-state index contributed by atoms with van der Waals surface area (Å²) in [5.74, 6) is -0.591. The Morgan fingerprint density at radius 2 is 1.96 bits per heavy atom. The van der Waals surface area contributed by atoms with Gasteiger partial charge in [0.05, 0.1) is 27.1 Å². The van der Waals surface area contributed by atoms with Crippen molar-refractivity contribution in [3.63, 3.8) is 0 Å². The quantitative estimate of drug-likeness (QED) is 0.595. The van der Waals surface area contributed by atoms with Crippen molar-refractivity contribution in [1.29, 1.82) is 0 Å². The monoisotopic (exact) mass is 397 g/mol. The number of non-ortho nitro benzene ring substituents is 1. The van der Waals surface area contributed by atoms with Crippen molar-refractivity contribution in [1.82, 2.24) is 4.31 Å². The molecule has 2 rings (SSSR count). The summed E-state index contributed by atoms with van der Waals surface area (Å²) in [5.41, 5.74) is 0.928. The lowest BCUT2D eigenvalue weighted by atomic mass is 10.2. The van der Waals surface area contributed by atoms with E-state index in [1.165, 1.54) is 25.2 Å². The number of sulfonamides is 1. The molecule has 0 unspecified atom stereocenters. The predicted octanol–water partition coefficient (Wildman–Crippen LogP) is 2.82. The number of halogens is 1. The van der Waals surface area contributed by atoms with Crippen LogP contribution in [0.1, 0.15) is 5.56 Å². The number of nitro benzene ring substituents is 1. The third-order valence-corrected chi connectivity index (χ3v) is 5.61. The molecule has 0 saturated carbocycles. The van der Waals surface area contributed by atoms with Crippen LogP contribution in [0.25, 0.3) is 0 Å². The number of aryl methyl sites for hydroxylation is 1. The molecule has 2 aromatic rings. The molecule has 1 amide bonds. The van der Waals surface area contributed by atoms with Crippen molar-refractivity contribution in [3.8, 4) is 0 Å². The number of likely N-dealkylation sites (N-methyl/N-ethyl adjacent to an activating group) is 1. The van der Waals surface area contributed by atoms with Gasteiger partial charge in [0.1, 0.15) is 0 Å². The van der Waals surface area contributed by atoms with Gasteiger partial charge in [-0.3, -0.25) is 14.9 Å². The summed E-state index contributed by atoms with van der Waals surface area (Å²) in [6.07, 6.45) is 0. The van der Waals surface area contributed by atoms with E-state index in [1.807, 2.05) is 6.92 Å². The van der Waals surface area contributed by atoms with E-state index in [2.05, 4.69) is 5.32 Å². The van der Waals surface area contributed by atoms with Gasteiger partial charge in [0, 0.05) is 19.2 Å². The molecule has 0 radical (unpaired) electrons. The van der Waals surface area contributed by atoms with Crippen LogP contribution in [0.4, 0.5) is 11.4 Å². The first-order valence-corrected chi connectivity index (χ1v) is 9.20. The van der Waals surface area contributed by atoms with E-state index in [0.29, 0.717) is 10.7 Å². The molecule has 138 valence electrons. The minimum absolute atomic E-state index is 0.268. The number of hydrogen-bond acceptors (Lipinski definition) is 5. The molecule has 0 atom stereocenters. The number of nitrogens with one attached hydrogen (secondary N) is 1. The van der Waals surface area contributed by atoms with Crippen LogP contribution in [0.2, 0.25) is 5.02 Å². The Labute approximate surface area is 155 Å². The standard InChI is InChI=1S/C16H16ClN3O5S/c1-11-6-7-15(14(17)8-11)18-16(21)10-19(2)26(24,25)13-5-3-4-12(9-13)20(22)23/h3-9H,10H2,1-2H3,(H,18,21). The van der Waals surface area contributed by atoms with E-state index in [1.54, 1.807) is 18.2 Å². The van der Waals surface area contributed by atoms with E-state index >= 15 is 0 Å². The van der Waals surface area contributed by atoms with E-state index in [0.717, 1.165) is 15.9 Å². The number of rotatable bonds is 6. The Kier molecular flexibility index (Phi) is 5.96.